The lowest BCUT2D eigenvalue weighted by atomic mass is 10.2. The van der Waals surface area contributed by atoms with Gasteiger partial charge in [-0.15, -0.1) is 11.8 Å². The number of ether oxygens (including phenoxy) is 1. The molecule has 1 aliphatic heterocycles. The number of hydrogen-bond acceptors (Lipinski definition) is 4. The summed E-state index contributed by atoms with van der Waals surface area (Å²) in [5.41, 5.74) is 0. The minimum atomic E-state index is -1.74. The summed E-state index contributed by atoms with van der Waals surface area (Å²) < 4.78 is 11.2. The van der Waals surface area contributed by atoms with Crippen LogP contribution in [0.5, 0.6) is 0 Å². The van der Waals surface area contributed by atoms with Crippen molar-refractivity contribution in [3.63, 3.8) is 0 Å². The average Bonchev–Trinajstić information content (AvgIpc) is 2.36. The van der Waals surface area contributed by atoms with Crippen LogP contribution in [0.1, 0.15) is 34.1 Å². The van der Waals surface area contributed by atoms with Crippen LogP contribution in [0.4, 0.5) is 0 Å². The fourth-order valence-electron chi connectivity index (χ4n) is 1.63. The first-order chi connectivity index (χ1) is 9.65. The van der Waals surface area contributed by atoms with Crippen LogP contribution in [0.2, 0.25) is 18.1 Å². The maximum atomic E-state index is 11.3. The van der Waals surface area contributed by atoms with Crippen LogP contribution in [0.25, 0.3) is 0 Å². The third-order valence-corrected chi connectivity index (χ3v) is 9.56. The predicted molar refractivity (Wildman–Crippen MR) is 93.0 cm³/mol. The number of allylic oxidation sites excluding steroid dienone is 1. The van der Waals surface area contributed by atoms with Gasteiger partial charge in [0, 0.05) is 17.1 Å². The Bertz CT molecular complexity index is 422. The van der Waals surface area contributed by atoms with Crippen molar-refractivity contribution >= 4 is 26.0 Å². The highest BCUT2D eigenvalue weighted by Crippen LogP contribution is 2.39. The van der Waals surface area contributed by atoms with Crippen LogP contribution >= 0.6 is 11.8 Å². The lowest BCUT2D eigenvalue weighted by molar-refractivity contribution is -0.137. The average molecular weight is 329 g/mol. The van der Waals surface area contributed by atoms with Crippen LogP contribution in [-0.4, -0.2) is 31.9 Å². The Hall–Kier alpha value is -0.683. The zero-order valence-corrected chi connectivity index (χ0v) is 15.9. The van der Waals surface area contributed by atoms with Crippen molar-refractivity contribution in [2.24, 2.45) is 0 Å². The third kappa shape index (κ3) is 5.91. The van der Waals surface area contributed by atoms with E-state index in [0.717, 1.165) is 17.9 Å². The van der Waals surface area contributed by atoms with Crippen molar-refractivity contribution in [2.75, 3.05) is 12.4 Å². The summed E-state index contributed by atoms with van der Waals surface area (Å²) in [6.45, 7) is 13.5. The fourth-order valence-corrected chi connectivity index (χ4v) is 3.82. The lowest BCUT2D eigenvalue weighted by Gasteiger charge is -2.38. The van der Waals surface area contributed by atoms with E-state index in [1.807, 2.05) is 24.8 Å². The standard InChI is InChI=1S/C16H28O3SSi/c1-7-18-15(17)11-10-14-9-8-13(12-20-14)19-21(5,6)16(2,3)4/h8,10-11,14H,7,9,12H2,1-6H3/b11-10+. The second-order valence-electron chi connectivity index (χ2n) is 6.73. The maximum absolute atomic E-state index is 11.3. The Morgan fingerprint density at radius 3 is 2.62 bits per heavy atom. The van der Waals surface area contributed by atoms with Crippen LogP contribution in [0, 0.1) is 0 Å². The van der Waals surface area contributed by atoms with Gasteiger partial charge in [0.1, 0.15) is 0 Å². The summed E-state index contributed by atoms with van der Waals surface area (Å²) >= 11 is 1.82. The Labute approximate surface area is 134 Å². The normalized spacial score (nSPS) is 20.3. The Morgan fingerprint density at radius 2 is 2.14 bits per heavy atom. The van der Waals surface area contributed by atoms with Crippen LogP contribution in [0.15, 0.2) is 24.0 Å². The van der Waals surface area contributed by atoms with E-state index in [4.69, 9.17) is 9.16 Å². The SMILES string of the molecule is CCOC(=O)/C=C/C1CC=C(O[Si](C)(C)C(C)(C)C)CS1. The van der Waals surface area contributed by atoms with Crippen LogP contribution in [-0.2, 0) is 14.0 Å². The van der Waals surface area contributed by atoms with Gasteiger partial charge in [-0.05, 0) is 37.6 Å². The molecule has 0 aromatic carbocycles. The van der Waals surface area contributed by atoms with E-state index in [1.165, 1.54) is 6.08 Å². The second kappa shape index (κ2) is 7.54. The molecule has 0 radical (unpaired) electrons. The number of rotatable bonds is 5. The van der Waals surface area contributed by atoms with Crippen LogP contribution < -0.4 is 0 Å². The Kier molecular flexibility index (Phi) is 6.59. The van der Waals surface area contributed by atoms with Gasteiger partial charge in [0.15, 0.2) is 0 Å². The van der Waals surface area contributed by atoms with Gasteiger partial charge in [-0.1, -0.05) is 26.8 Å². The predicted octanol–water partition coefficient (Wildman–Crippen LogP) is 4.52. The molecule has 0 saturated carbocycles. The molecule has 0 fully saturated rings. The van der Waals surface area contributed by atoms with Crippen molar-refractivity contribution in [1.82, 2.24) is 0 Å². The van der Waals surface area contributed by atoms with Gasteiger partial charge >= 0.3 is 5.97 Å². The molecule has 1 unspecified atom stereocenters. The van der Waals surface area contributed by atoms with Crippen LogP contribution in [0.3, 0.4) is 0 Å². The van der Waals surface area contributed by atoms with E-state index >= 15 is 0 Å². The Morgan fingerprint density at radius 1 is 1.48 bits per heavy atom. The molecule has 1 rings (SSSR count). The number of thioether (sulfide) groups is 1. The minimum absolute atomic E-state index is 0.221. The smallest absolute Gasteiger partial charge is 0.330 e. The highest BCUT2D eigenvalue weighted by molar-refractivity contribution is 8.00. The molecule has 0 spiro atoms. The summed E-state index contributed by atoms with van der Waals surface area (Å²) in [5.74, 6) is 1.72. The number of carbonyl (C=O) groups excluding carboxylic acids is 1. The molecule has 0 N–H and O–H groups in total. The molecule has 1 heterocycles. The first-order valence-corrected chi connectivity index (χ1v) is 11.5. The van der Waals surface area contributed by atoms with Gasteiger partial charge in [-0.3, -0.25) is 0 Å². The second-order valence-corrected chi connectivity index (χ2v) is 12.7. The third-order valence-electron chi connectivity index (χ3n) is 3.94. The van der Waals surface area contributed by atoms with Gasteiger partial charge < -0.3 is 9.16 Å². The number of esters is 1. The lowest BCUT2D eigenvalue weighted by Crippen LogP contribution is -2.41. The molecule has 1 atom stereocenters. The van der Waals surface area contributed by atoms with Gasteiger partial charge in [0.05, 0.1) is 12.4 Å². The molecule has 0 amide bonds. The van der Waals surface area contributed by atoms with E-state index < -0.39 is 8.32 Å². The first-order valence-electron chi connectivity index (χ1n) is 7.50. The van der Waals surface area contributed by atoms with Gasteiger partial charge in [-0.2, -0.15) is 0 Å². The molecule has 0 bridgehead atoms. The molecule has 0 aliphatic carbocycles. The molecule has 0 saturated heterocycles. The summed E-state index contributed by atoms with van der Waals surface area (Å²) in [6.07, 6.45) is 6.55. The van der Waals surface area contributed by atoms with E-state index in [1.54, 1.807) is 0 Å². The minimum Gasteiger partial charge on any atom is -0.546 e. The van der Waals surface area contributed by atoms with Crippen molar-refractivity contribution in [3.8, 4) is 0 Å². The van der Waals surface area contributed by atoms with Crippen molar-refractivity contribution in [2.45, 2.75) is 57.5 Å². The molecule has 3 nitrogen and oxygen atoms in total. The molecule has 21 heavy (non-hydrogen) atoms. The van der Waals surface area contributed by atoms with Gasteiger partial charge in [0.25, 0.3) is 0 Å². The number of hydrogen-bond donors (Lipinski definition) is 0. The van der Waals surface area contributed by atoms with E-state index in [-0.39, 0.29) is 11.0 Å². The van der Waals surface area contributed by atoms with Crippen molar-refractivity contribution in [1.29, 1.82) is 0 Å². The fraction of sp³-hybridized carbons (Fsp3) is 0.688. The quantitative estimate of drug-likeness (QED) is 0.422. The molecule has 5 heteroatoms. The monoisotopic (exact) mass is 328 g/mol. The van der Waals surface area contributed by atoms with Crippen molar-refractivity contribution < 1.29 is 14.0 Å². The summed E-state index contributed by atoms with van der Waals surface area (Å²) in [4.78, 5) is 11.3. The first kappa shape index (κ1) is 18.4. The maximum Gasteiger partial charge on any atom is 0.330 e. The van der Waals surface area contributed by atoms with E-state index in [0.29, 0.717) is 11.9 Å². The van der Waals surface area contributed by atoms with E-state index in [2.05, 4.69) is 39.9 Å². The number of carbonyl (C=O) groups is 1. The van der Waals surface area contributed by atoms with Gasteiger partial charge in [0.2, 0.25) is 8.32 Å². The molecular weight excluding hydrogens is 300 g/mol. The molecule has 120 valence electrons. The molecular formula is C16H28O3SSi. The largest absolute Gasteiger partial charge is 0.546 e. The summed E-state index contributed by atoms with van der Waals surface area (Å²) in [7, 11) is -1.74. The summed E-state index contributed by atoms with van der Waals surface area (Å²) in [6, 6.07) is 0. The molecule has 0 aromatic rings. The summed E-state index contributed by atoms with van der Waals surface area (Å²) in [5, 5.41) is 0.556. The van der Waals surface area contributed by atoms with Crippen molar-refractivity contribution in [3.05, 3.63) is 24.0 Å². The molecule has 1 aliphatic rings. The topological polar surface area (TPSA) is 35.5 Å². The van der Waals surface area contributed by atoms with E-state index in [9.17, 15) is 4.79 Å². The van der Waals surface area contributed by atoms with Gasteiger partial charge in [-0.25, -0.2) is 4.79 Å². The Balaban J connectivity index is 2.53. The highest BCUT2D eigenvalue weighted by Gasteiger charge is 2.39. The molecule has 0 aromatic heterocycles. The zero-order valence-electron chi connectivity index (χ0n) is 14.1. The highest BCUT2D eigenvalue weighted by atomic mass is 32.2. The zero-order chi connectivity index (χ0) is 16.1.